The molecule has 0 heterocycles. The first-order valence-corrected chi connectivity index (χ1v) is 15.2. The van der Waals surface area contributed by atoms with Crippen molar-refractivity contribution < 1.29 is 22.7 Å². The molecular formula is C26H33BrClN3O5S. The van der Waals surface area contributed by atoms with Gasteiger partial charge in [0.2, 0.25) is 21.8 Å². The van der Waals surface area contributed by atoms with Gasteiger partial charge in [-0.1, -0.05) is 58.9 Å². The van der Waals surface area contributed by atoms with E-state index in [2.05, 4.69) is 21.2 Å². The minimum Gasteiger partial charge on any atom is -0.495 e. The van der Waals surface area contributed by atoms with Crippen molar-refractivity contribution in [1.82, 2.24) is 10.2 Å². The first-order chi connectivity index (χ1) is 17.5. The fourth-order valence-corrected chi connectivity index (χ4v) is 5.72. The lowest BCUT2D eigenvalue weighted by molar-refractivity contribution is -0.139. The van der Waals surface area contributed by atoms with E-state index in [0.29, 0.717) is 5.75 Å². The Morgan fingerprint density at radius 2 is 1.78 bits per heavy atom. The first-order valence-electron chi connectivity index (χ1n) is 12.1. The number of anilines is 1. The van der Waals surface area contributed by atoms with Crippen LogP contribution in [0, 0.1) is 0 Å². The highest BCUT2D eigenvalue weighted by Gasteiger charge is 2.31. The van der Waals surface area contributed by atoms with Crippen LogP contribution in [0.4, 0.5) is 5.69 Å². The number of hydrogen-bond acceptors (Lipinski definition) is 5. The van der Waals surface area contributed by atoms with Crippen LogP contribution in [-0.2, 0) is 26.2 Å². The molecule has 0 aromatic heterocycles. The van der Waals surface area contributed by atoms with Gasteiger partial charge in [0.1, 0.15) is 18.3 Å². The van der Waals surface area contributed by atoms with Crippen LogP contribution in [0.15, 0.2) is 46.9 Å². The molecule has 0 aliphatic heterocycles. The van der Waals surface area contributed by atoms with E-state index < -0.39 is 28.5 Å². The Bertz CT molecular complexity index is 1200. The van der Waals surface area contributed by atoms with Gasteiger partial charge < -0.3 is 15.0 Å². The van der Waals surface area contributed by atoms with E-state index in [9.17, 15) is 18.0 Å². The van der Waals surface area contributed by atoms with Gasteiger partial charge in [-0.15, -0.1) is 0 Å². The van der Waals surface area contributed by atoms with Crippen LogP contribution in [0.3, 0.4) is 0 Å². The first kappa shape index (κ1) is 29.3. The van der Waals surface area contributed by atoms with Crippen molar-refractivity contribution in [2.75, 3.05) is 24.2 Å². The molecule has 8 nitrogen and oxygen atoms in total. The Kier molecular flexibility index (Phi) is 10.3. The second-order valence-corrected chi connectivity index (χ2v) is 12.5. The molecule has 2 aromatic rings. The van der Waals surface area contributed by atoms with Crippen molar-refractivity contribution in [3.8, 4) is 5.75 Å². The molecule has 2 amide bonds. The lowest BCUT2D eigenvalue weighted by Gasteiger charge is -2.33. The number of nitrogens with zero attached hydrogens (tertiary/aromatic N) is 2. The summed E-state index contributed by atoms with van der Waals surface area (Å²) >= 11 is 9.64. The fraction of sp³-hybridized carbons (Fsp3) is 0.462. The van der Waals surface area contributed by atoms with E-state index in [-0.39, 0.29) is 29.2 Å². The molecule has 202 valence electrons. The number of carbonyl (C=O) groups is 2. The van der Waals surface area contributed by atoms with E-state index in [1.165, 1.54) is 24.1 Å². The van der Waals surface area contributed by atoms with Gasteiger partial charge in [0, 0.05) is 17.1 Å². The number of hydrogen-bond donors (Lipinski definition) is 1. The zero-order valence-electron chi connectivity index (χ0n) is 21.2. The lowest BCUT2D eigenvalue weighted by Crippen LogP contribution is -2.52. The van der Waals surface area contributed by atoms with E-state index in [1.54, 1.807) is 13.0 Å². The summed E-state index contributed by atoms with van der Waals surface area (Å²) in [5.74, 6) is -0.377. The van der Waals surface area contributed by atoms with Crippen LogP contribution in [0.2, 0.25) is 5.02 Å². The molecule has 0 bridgehead atoms. The van der Waals surface area contributed by atoms with Crippen molar-refractivity contribution in [3.63, 3.8) is 0 Å². The predicted molar refractivity (Wildman–Crippen MR) is 149 cm³/mol. The molecule has 1 unspecified atom stereocenters. The number of carbonyl (C=O) groups excluding carboxylic acids is 2. The van der Waals surface area contributed by atoms with Crippen LogP contribution in [0.1, 0.15) is 44.6 Å². The Hall–Kier alpha value is -2.30. The molecule has 3 rings (SSSR count). The van der Waals surface area contributed by atoms with Gasteiger partial charge in [-0.3, -0.25) is 13.9 Å². The van der Waals surface area contributed by atoms with Crippen molar-refractivity contribution in [2.45, 2.75) is 57.7 Å². The van der Waals surface area contributed by atoms with Gasteiger partial charge in [0.25, 0.3) is 0 Å². The van der Waals surface area contributed by atoms with Gasteiger partial charge in [-0.25, -0.2) is 8.42 Å². The smallest absolute Gasteiger partial charge is 0.244 e. The number of benzene rings is 2. The maximum Gasteiger partial charge on any atom is 0.244 e. The number of sulfonamides is 1. The fourth-order valence-electron chi connectivity index (χ4n) is 4.36. The second kappa shape index (κ2) is 13.0. The number of halogens is 2. The van der Waals surface area contributed by atoms with Crippen LogP contribution >= 0.6 is 27.5 Å². The SMILES string of the molecule is COc1ccc(N(CC(=O)N(Cc2ccc(Br)cc2)C(C)C(=O)NC2CCCCC2)S(C)(=O)=O)cc1Cl. The van der Waals surface area contributed by atoms with Gasteiger partial charge >= 0.3 is 0 Å². The summed E-state index contributed by atoms with van der Waals surface area (Å²) in [6.07, 6.45) is 6.14. The maximum absolute atomic E-state index is 13.7. The Morgan fingerprint density at radius 3 is 2.35 bits per heavy atom. The van der Waals surface area contributed by atoms with E-state index in [0.717, 1.165) is 52.7 Å². The topological polar surface area (TPSA) is 96.0 Å². The summed E-state index contributed by atoms with van der Waals surface area (Å²) in [6.45, 7) is 1.33. The average molecular weight is 615 g/mol. The number of rotatable bonds is 10. The van der Waals surface area contributed by atoms with Crippen LogP contribution in [0.25, 0.3) is 0 Å². The van der Waals surface area contributed by atoms with Gasteiger partial charge in [0.05, 0.1) is 24.1 Å². The normalized spacial score (nSPS) is 15.1. The summed E-state index contributed by atoms with van der Waals surface area (Å²) in [4.78, 5) is 28.3. The van der Waals surface area contributed by atoms with E-state index in [4.69, 9.17) is 16.3 Å². The minimum atomic E-state index is -3.85. The Balaban J connectivity index is 1.88. The molecule has 1 N–H and O–H groups in total. The van der Waals surface area contributed by atoms with E-state index >= 15 is 0 Å². The van der Waals surface area contributed by atoms with Crippen LogP contribution in [-0.4, -0.2) is 57.1 Å². The largest absolute Gasteiger partial charge is 0.495 e. The highest BCUT2D eigenvalue weighted by molar-refractivity contribution is 9.10. The van der Waals surface area contributed by atoms with E-state index in [1.807, 2.05) is 24.3 Å². The van der Waals surface area contributed by atoms with Gasteiger partial charge in [-0.2, -0.15) is 0 Å². The standard InChI is InChI=1S/C26H33BrClN3O5S/c1-18(26(33)29-21-7-5-4-6-8-21)30(16-19-9-11-20(27)12-10-19)25(32)17-31(37(3,34)35)22-13-14-24(36-2)23(28)15-22/h9-15,18,21H,4-8,16-17H2,1-3H3,(H,29,33). The average Bonchev–Trinajstić information content (AvgIpc) is 2.86. The number of methoxy groups -OCH3 is 1. The molecular weight excluding hydrogens is 582 g/mol. The molecule has 2 aromatic carbocycles. The highest BCUT2D eigenvalue weighted by atomic mass is 79.9. The summed E-state index contributed by atoms with van der Waals surface area (Å²) in [6, 6.07) is 11.2. The molecule has 0 radical (unpaired) electrons. The van der Waals surface area contributed by atoms with Gasteiger partial charge in [0.15, 0.2) is 0 Å². The quantitative estimate of drug-likeness (QED) is 0.417. The van der Waals surface area contributed by atoms with Crippen LogP contribution < -0.4 is 14.4 Å². The third-order valence-corrected chi connectivity index (χ3v) is 8.45. The zero-order chi connectivity index (χ0) is 27.2. The molecule has 1 atom stereocenters. The van der Waals surface area contributed by atoms with Crippen molar-refractivity contribution in [3.05, 3.63) is 57.5 Å². The molecule has 1 fully saturated rings. The predicted octanol–water partition coefficient (Wildman–Crippen LogP) is 4.74. The zero-order valence-corrected chi connectivity index (χ0v) is 24.4. The number of ether oxygens (including phenoxy) is 1. The monoisotopic (exact) mass is 613 g/mol. The summed E-state index contributed by atoms with van der Waals surface area (Å²) in [5.41, 5.74) is 1.04. The lowest BCUT2D eigenvalue weighted by atomic mass is 9.95. The molecule has 0 saturated heterocycles. The van der Waals surface area contributed by atoms with Gasteiger partial charge in [-0.05, 0) is 55.7 Å². The third-order valence-electron chi connectivity index (χ3n) is 6.49. The Morgan fingerprint density at radius 1 is 1.14 bits per heavy atom. The van der Waals surface area contributed by atoms with Crippen molar-refractivity contribution in [1.29, 1.82) is 0 Å². The summed E-state index contributed by atoms with van der Waals surface area (Å²) in [5, 5.41) is 3.30. The molecule has 11 heteroatoms. The number of amides is 2. The Labute approximate surface area is 232 Å². The maximum atomic E-state index is 13.7. The molecule has 37 heavy (non-hydrogen) atoms. The van der Waals surface area contributed by atoms with Crippen molar-refractivity contribution >= 4 is 55.1 Å². The third kappa shape index (κ3) is 8.09. The number of nitrogens with one attached hydrogen (secondary N) is 1. The molecule has 1 aliphatic rings. The van der Waals surface area contributed by atoms with Crippen LogP contribution in [0.5, 0.6) is 5.75 Å². The molecule has 0 spiro atoms. The molecule has 1 aliphatic carbocycles. The minimum absolute atomic E-state index is 0.0855. The summed E-state index contributed by atoms with van der Waals surface area (Å²) in [7, 11) is -2.39. The van der Waals surface area contributed by atoms with Crippen molar-refractivity contribution in [2.24, 2.45) is 0 Å². The second-order valence-electron chi connectivity index (χ2n) is 9.26. The molecule has 1 saturated carbocycles. The summed E-state index contributed by atoms with van der Waals surface area (Å²) < 4.78 is 32.5. The highest BCUT2D eigenvalue weighted by Crippen LogP contribution is 2.30.